The van der Waals surface area contributed by atoms with E-state index >= 15 is 0 Å². The first-order valence-corrected chi connectivity index (χ1v) is 6.86. The van der Waals surface area contributed by atoms with Gasteiger partial charge in [0.25, 0.3) is 0 Å². The van der Waals surface area contributed by atoms with Crippen LogP contribution in [0.2, 0.25) is 0 Å². The first kappa shape index (κ1) is 13.2. The lowest BCUT2D eigenvalue weighted by Crippen LogP contribution is -2.41. The van der Waals surface area contributed by atoms with Crippen LogP contribution in [0, 0.1) is 6.92 Å². The SMILES string of the molecule is CCOC1CCCN(c2c(N)c(C)nn2CC)C1. The molecule has 1 aromatic rings. The number of rotatable bonds is 4. The molecular formula is C13H24N4O. The van der Waals surface area contributed by atoms with Crippen molar-refractivity contribution in [3.63, 3.8) is 0 Å². The predicted molar refractivity (Wildman–Crippen MR) is 73.9 cm³/mol. The Balaban J connectivity index is 2.20. The Morgan fingerprint density at radius 2 is 2.22 bits per heavy atom. The summed E-state index contributed by atoms with van der Waals surface area (Å²) in [6.45, 7) is 9.70. The van der Waals surface area contributed by atoms with Gasteiger partial charge in [-0.25, -0.2) is 4.68 Å². The van der Waals surface area contributed by atoms with Gasteiger partial charge in [0, 0.05) is 26.2 Å². The van der Waals surface area contributed by atoms with Crippen LogP contribution in [0.15, 0.2) is 0 Å². The Labute approximate surface area is 109 Å². The van der Waals surface area contributed by atoms with Crippen molar-refractivity contribution in [3.05, 3.63) is 5.69 Å². The molecule has 0 saturated carbocycles. The van der Waals surface area contributed by atoms with Crippen molar-refractivity contribution in [3.8, 4) is 0 Å². The van der Waals surface area contributed by atoms with Crippen molar-refractivity contribution in [2.24, 2.45) is 0 Å². The molecule has 0 aromatic carbocycles. The first-order chi connectivity index (χ1) is 8.67. The molecular weight excluding hydrogens is 228 g/mol. The van der Waals surface area contributed by atoms with Crippen LogP contribution < -0.4 is 10.6 Å². The Hall–Kier alpha value is -1.23. The van der Waals surface area contributed by atoms with Crippen molar-refractivity contribution in [2.45, 2.75) is 46.3 Å². The topological polar surface area (TPSA) is 56.3 Å². The highest BCUT2D eigenvalue weighted by Crippen LogP contribution is 2.29. The predicted octanol–water partition coefficient (Wildman–Crippen LogP) is 1.80. The van der Waals surface area contributed by atoms with E-state index in [2.05, 4.69) is 16.9 Å². The molecule has 102 valence electrons. The van der Waals surface area contributed by atoms with Gasteiger partial charge in [0.15, 0.2) is 5.82 Å². The molecule has 0 radical (unpaired) electrons. The summed E-state index contributed by atoms with van der Waals surface area (Å²) in [5.41, 5.74) is 7.90. The molecule has 2 heterocycles. The molecule has 0 spiro atoms. The zero-order valence-corrected chi connectivity index (χ0v) is 11.6. The summed E-state index contributed by atoms with van der Waals surface area (Å²) in [5, 5.41) is 4.48. The number of hydrogen-bond acceptors (Lipinski definition) is 4. The van der Waals surface area contributed by atoms with E-state index in [0.29, 0.717) is 6.10 Å². The standard InChI is InChI=1S/C13H24N4O/c1-4-17-13(12(14)10(3)15-17)16-8-6-7-11(9-16)18-5-2/h11H,4-9,14H2,1-3H3. The fourth-order valence-corrected chi connectivity index (χ4v) is 2.64. The fourth-order valence-electron chi connectivity index (χ4n) is 2.64. The average molecular weight is 252 g/mol. The summed E-state index contributed by atoms with van der Waals surface area (Å²) in [6, 6.07) is 0. The molecule has 1 fully saturated rings. The molecule has 1 unspecified atom stereocenters. The number of anilines is 2. The molecule has 2 rings (SSSR count). The first-order valence-electron chi connectivity index (χ1n) is 6.86. The third-order valence-electron chi connectivity index (χ3n) is 3.53. The van der Waals surface area contributed by atoms with Gasteiger partial charge < -0.3 is 15.4 Å². The van der Waals surface area contributed by atoms with E-state index < -0.39 is 0 Å². The van der Waals surface area contributed by atoms with Crippen molar-refractivity contribution in [2.75, 3.05) is 30.3 Å². The van der Waals surface area contributed by atoms with Crippen LogP contribution in [0.4, 0.5) is 11.5 Å². The van der Waals surface area contributed by atoms with E-state index in [1.807, 2.05) is 18.5 Å². The number of aryl methyl sites for hydroxylation is 2. The molecule has 1 aliphatic heterocycles. The summed E-state index contributed by atoms with van der Waals surface area (Å²) >= 11 is 0. The second kappa shape index (κ2) is 5.61. The lowest BCUT2D eigenvalue weighted by atomic mass is 10.1. The Morgan fingerprint density at radius 1 is 1.44 bits per heavy atom. The van der Waals surface area contributed by atoms with Gasteiger partial charge in [-0.05, 0) is 33.6 Å². The van der Waals surface area contributed by atoms with E-state index in [-0.39, 0.29) is 0 Å². The minimum atomic E-state index is 0.323. The molecule has 1 aliphatic rings. The molecule has 0 amide bonds. The van der Waals surface area contributed by atoms with Gasteiger partial charge >= 0.3 is 0 Å². The summed E-state index contributed by atoms with van der Waals surface area (Å²) in [5.74, 6) is 1.07. The second-order valence-corrected chi connectivity index (χ2v) is 4.80. The summed E-state index contributed by atoms with van der Waals surface area (Å²) in [7, 11) is 0. The van der Waals surface area contributed by atoms with Crippen LogP contribution >= 0.6 is 0 Å². The van der Waals surface area contributed by atoms with Gasteiger partial charge in [-0.3, -0.25) is 0 Å². The largest absolute Gasteiger partial charge is 0.394 e. The van der Waals surface area contributed by atoms with Crippen molar-refractivity contribution in [1.82, 2.24) is 9.78 Å². The molecule has 1 atom stereocenters. The zero-order valence-electron chi connectivity index (χ0n) is 11.6. The number of nitrogen functional groups attached to an aromatic ring is 1. The summed E-state index contributed by atoms with van der Waals surface area (Å²) in [4.78, 5) is 2.32. The van der Waals surface area contributed by atoms with Gasteiger partial charge in [0.05, 0.1) is 17.5 Å². The quantitative estimate of drug-likeness (QED) is 0.887. The van der Waals surface area contributed by atoms with Crippen LogP contribution in [0.3, 0.4) is 0 Å². The van der Waals surface area contributed by atoms with E-state index in [1.165, 1.54) is 0 Å². The minimum Gasteiger partial charge on any atom is -0.394 e. The Kier molecular flexibility index (Phi) is 4.11. The lowest BCUT2D eigenvalue weighted by molar-refractivity contribution is 0.0524. The van der Waals surface area contributed by atoms with Gasteiger partial charge in [-0.1, -0.05) is 0 Å². The van der Waals surface area contributed by atoms with Crippen molar-refractivity contribution < 1.29 is 4.74 Å². The van der Waals surface area contributed by atoms with E-state index in [0.717, 1.165) is 56.3 Å². The summed E-state index contributed by atoms with van der Waals surface area (Å²) in [6.07, 6.45) is 2.62. The molecule has 5 nitrogen and oxygen atoms in total. The number of piperidine rings is 1. The maximum absolute atomic E-state index is 6.16. The van der Waals surface area contributed by atoms with Crippen LogP contribution in [0.1, 0.15) is 32.4 Å². The van der Waals surface area contributed by atoms with Gasteiger partial charge in [-0.2, -0.15) is 5.10 Å². The molecule has 0 bridgehead atoms. The van der Waals surface area contributed by atoms with Crippen LogP contribution in [0.5, 0.6) is 0 Å². The number of ether oxygens (including phenoxy) is 1. The van der Waals surface area contributed by atoms with Gasteiger partial charge in [0.1, 0.15) is 0 Å². The average Bonchev–Trinajstić information content (AvgIpc) is 2.66. The lowest BCUT2D eigenvalue weighted by Gasteiger charge is -2.34. The zero-order chi connectivity index (χ0) is 13.1. The second-order valence-electron chi connectivity index (χ2n) is 4.80. The van der Waals surface area contributed by atoms with E-state index in [9.17, 15) is 0 Å². The molecule has 0 aliphatic carbocycles. The highest BCUT2D eigenvalue weighted by molar-refractivity contribution is 5.66. The number of aromatic nitrogens is 2. The number of hydrogen-bond donors (Lipinski definition) is 1. The Morgan fingerprint density at radius 3 is 2.89 bits per heavy atom. The van der Waals surface area contributed by atoms with Crippen LogP contribution in [0.25, 0.3) is 0 Å². The van der Waals surface area contributed by atoms with E-state index in [4.69, 9.17) is 10.5 Å². The molecule has 1 saturated heterocycles. The highest BCUT2D eigenvalue weighted by atomic mass is 16.5. The monoisotopic (exact) mass is 252 g/mol. The molecule has 5 heteroatoms. The third-order valence-corrected chi connectivity index (χ3v) is 3.53. The smallest absolute Gasteiger partial charge is 0.150 e. The van der Waals surface area contributed by atoms with Gasteiger partial charge in [0.2, 0.25) is 0 Å². The van der Waals surface area contributed by atoms with Crippen LogP contribution in [-0.2, 0) is 11.3 Å². The number of nitrogens with two attached hydrogens (primary N) is 1. The maximum atomic E-state index is 6.16. The third kappa shape index (κ3) is 2.46. The maximum Gasteiger partial charge on any atom is 0.150 e. The highest BCUT2D eigenvalue weighted by Gasteiger charge is 2.25. The molecule has 1 aromatic heterocycles. The molecule has 2 N–H and O–H groups in total. The fraction of sp³-hybridized carbons (Fsp3) is 0.769. The van der Waals surface area contributed by atoms with Crippen LogP contribution in [-0.4, -0.2) is 35.6 Å². The van der Waals surface area contributed by atoms with Crippen molar-refractivity contribution in [1.29, 1.82) is 0 Å². The van der Waals surface area contributed by atoms with E-state index in [1.54, 1.807) is 0 Å². The molecule has 18 heavy (non-hydrogen) atoms. The normalized spacial score (nSPS) is 20.4. The minimum absolute atomic E-state index is 0.323. The van der Waals surface area contributed by atoms with Crippen molar-refractivity contribution >= 4 is 11.5 Å². The number of nitrogens with zero attached hydrogens (tertiary/aromatic N) is 3. The Bertz CT molecular complexity index is 400. The summed E-state index contributed by atoms with van der Waals surface area (Å²) < 4.78 is 7.74. The van der Waals surface area contributed by atoms with Gasteiger partial charge in [-0.15, -0.1) is 0 Å².